The van der Waals surface area contributed by atoms with Crippen LogP contribution in [0.3, 0.4) is 0 Å². The third kappa shape index (κ3) is 5.14. The second-order valence-corrected chi connectivity index (χ2v) is 4.36. The minimum absolute atomic E-state index is 0.0876. The van der Waals surface area contributed by atoms with Crippen molar-refractivity contribution in [1.82, 2.24) is 9.97 Å². The molecule has 0 saturated carbocycles. The van der Waals surface area contributed by atoms with Crippen LogP contribution in [-0.2, 0) is 4.74 Å². The van der Waals surface area contributed by atoms with Gasteiger partial charge in [0, 0.05) is 26.2 Å². The summed E-state index contributed by atoms with van der Waals surface area (Å²) >= 11 is 0. The molecule has 0 amide bonds. The molecule has 0 aliphatic heterocycles. The summed E-state index contributed by atoms with van der Waals surface area (Å²) < 4.78 is 5.31. The van der Waals surface area contributed by atoms with E-state index in [9.17, 15) is 10.1 Å². The van der Waals surface area contributed by atoms with Gasteiger partial charge in [0.05, 0.1) is 11.5 Å². The molecule has 0 saturated heterocycles. The Kier molecular flexibility index (Phi) is 7.38. The third-order valence-corrected chi connectivity index (χ3v) is 2.87. The minimum atomic E-state index is -0.456. The minimum Gasteiger partial charge on any atom is -0.380 e. The Labute approximate surface area is 124 Å². The quantitative estimate of drug-likeness (QED) is 0.401. The number of hydrogen-bond acceptors (Lipinski definition) is 7. The topological polar surface area (TPSA) is 93.4 Å². The van der Waals surface area contributed by atoms with Gasteiger partial charge in [0.25, 0.3) is 0 Å². The summed E-state index contributed by atoms with van der Waals surface area (Å²) in [5.74, 6) is 0.739. The van der Waals surface area contributed by atoms with E-state index in [4.69, 9.17) is 4.74 Å². The molecule has 0 bridgehead atoms. The number of nitro groups is 1. The van der Waals surface area contributed by atoms with Crippen molar-refractivity contribution in [2.75, 3.05) is 43.1 Å². The summed E-state index contributed by atoms with van der Waals surface area (Å²) in [4.78, 5) is 20.8. The molecule has 0 radical (unpaired) electrons. The maximum Gasteiger partial charge on any atom is 0.329 e. The number of anilines is 2. The highest BCUT2D eigenvalue weighted by Crippen LogP contribution is 2.25. The van der Waals surface area contributed by atoms with Gasteiger partial charge in [-0.3, -0.25) is 10.1 Å². The number of ether oxygens (including phenoxy) is 1. The van der Waals surface area contributed by atoms with Crippen molar-refractivity contribution in [3.63, 3.8) is 0 Å². The standard InChI is InChI=1S/C13H23N5O3/c1-4-7-14-13-15-10-11(18(19)20)12(16-13)17(5-2)8-9-21-6-3/h10H,4-9H2,1-3H3,(H,14,15,16). The number of nitrogens with zero attached hydrogens (tertiary/aromatic N) is 4. The van der Waals surface area contributed by atoms with Crippen LogP contribution in [0.5, 0.6) is 0 Å². The van der Waals surface area contributed by atoms with Gasteiger partial charge < -0.3 is 15.0 Å². The molecule has 0 atom stereocenters. The zero-order chi connectivity index (χ0) is 15.7. The molecule has 0 aromatic carbocycles. The average molecular weight is 297 g/mol. The summed E-state index contributed by atoms with van der Waals surface area (Å²) in [5, 5.41) is 14.2. The fraction of sp³-hybridized carbons (Fsp3) is 0.692. The van der Waals surface area contributed by atoms with E-state index in [0.717, 1.165) is 13.0 Å². The van der Waals surface area contributed by atoms with Crippen LogP contribution in [-0.4, -0.2) is 47.7 Å². The van der Waals surface area contributed by atoms with Gasteiger partial charge in [0.15, 0.2) is 0 Å². The van der Waals surface area contributed by atoms with Crippen molar-refractivity contribution in [2.24, 2.45) is 0 Å². The number of aromatic nitrogens is 2. The highest BCUT2D eigenvalue weighted by atomic mass is 16.6. The van der Waals surface area contributed by atoms with Crippen LogP contribution in [0, 0.1) is 10.1 Å². The number of nitrogens with one attached hydrogen (secondary N) is 1. The third-order valence-electron chi connectivity index (χ3n) is 2.87. The second-order valence-electron chi connectivity index (χ2n) is 4.36. The Balaban J connectivity index is 2.99. The van der Waals surface area contributed by atoms with Crippen molar-refractivity contribution in [3.05, 3.63) is 16.3 Å². The normalized spacial score (nSPS) is 10.4. The second kappa shape index (κ2) is 9.06. The molecule has 0 fully saturated rings. The summed E-state index contributed by atoms with van der Waals surface area (Å²) in [6, 6.07) is 0. The first-order valence-corrected chi connectivity index (χ1v) is 7.21. The van der Waals surface area contributed by atoms with Gasteiger partial charge >= 0.3 is 5.69 Å². The summed E-state index contributed by atoms with van der Waals surface area (Å²) in [5.41, 5.74) is -0.0876. The van der Waals surface area contributed by atoms with E-state index in [1.807, 2.05) is 25.7 Å². The van der Waals surface area contributed by atoms with Crippen molar-refractivity contribution in [2.45, 2.75) is 27.2 Å². The molecule has 21 heavy (non-hydrogen) atoms. The maximum absolute atomic E-state index is 11.1. The van der Waals surface area contributed by atoms with Gasteiger partial charge in [0.1, 0.15) is 6.20 Å². The van der Waals surface area contributed by atoms with Crippen molar-refractivity contribution in [3.8, 4) is 0 Å². The van der Waals surface area contributed by atoms with E-state index in [1.54, 1.807) is 0 Å². The van der Waals surface area contributed by atoms with Gasteiger partial charge in [-0.2, -0.15) is 4.98 Å². The molecule has 0 spiro atoms. The molecule has 1 aromatic heterocycles. The van der Waals surface area contributed by atoms with E-state index in [0.29, 0.717) is 38.1 Å². The van der Waals surface area contributed by atoms with E-state index >= 15 is 0 Å². The summed E-state index contributed by atoms with van der Waals surface area (Å²) in [6.07, 6.45) is 2.18. The van der Waals surface area contributed by atoms with Gasteiger partial charge in [0.2, 0.25) is 11.8 Å². The Morgan fingerprint density at radius 2 is 2.19 bits per heavy atom. The molecular formula is C13H23N5O3. The molecule has 8 heteroatoms. The van der Waals surface area contributed by atoms with Gasteiger partial charge in [-0.15, -0.1) is 0 Å². The molecule has 0 aliphatic rings. The predicted molar refractivity (Wildman–Crippen MR) is 81.8 cm³/mol. The van der Waals surface area contributed by atoms with Crippen LogP contribution >= 0.6 is 0 Å². The number of rotatable bonds is 10. The van der Waals surface area contributed by atoms with Crippen LogP contribution in [0.2, 0.25) is 0 Å². The lowest BCUT2D eigenvalue weighted by Crippen LogP contribution is -2.29. The Bertz CT molecular complexity index is 455. The monoisotopic (exact) mass is 297 g/mol. The average Bonchev–Trinajstić information content (AvgIpc) is 2.49. The molecular weight excluding hydrogens is 274 g/mol. The van der Waals surface area contributed by atoms with Crippen LogP contribution in [0.4, 0.5) is 17.5 Å². The molecule has 118 valence electrons. The highest BCUT2D eigenvalue weighted by Gasteiger charge is 2.22. The van der Waals surface area contributed by atoms with E-state index in [2.05, 4.69) is 15.3 Å². The van der Waals surface area contributed by atoms with Crippen LogP contribution in [0.25, 0.3) is 0 Å². The fourth-order valence-electron chi connectivity index (χ4n) is 1.78. The van der Waals surface area contributed by atoms with E-state index in [1.165, 1.54) is 6.20 Å². The Hall–Kier alpha value is -1.96. The smallest absolute Gasteiger partial charge is 0.329 e. The van der Waals surface area contributed by atoms with E-state index in [-0.39, 0.29) is 5.69 Å². The fourth-order valence-corrected chi connectivity index (χ4v) is 1.78. The lowest BCUT2D eigenvalue weighted by atomic mass is 10.4. The Morgan fingerprint density at radius 3 is 2.76 bits per heavy atom. The zero-order valence-electron chi connectivity index (χ0n) is 12.8. The summed E-state index contributed by atoms with van der Waals surface area (Å²) in [6.45, 7) is 8.87. The molecule has 1 rings (SSSR count). The molecule has 0 aliphatic carbocycles. The molecule has 8 nitrogen and oxygen atoms in total. The Morgan fingerprint density at radius 1 is 1.43 bits per heavy atom. The SMILES string of the molecule is CCCNc1ncc([N+](=O)[O-])c(N(CC)CCOCC)n1. The van der Waals surface area contributed by atoms with Crippen LogP contribution in [0.1, 0.15) is 27.2 Å². The van der Waals surface area contributed by atoms with E-state index < -0.39 is 4.92 Å². The largest absolute Gasteiger partial charge is 0.380 e. The van der Waals surface area contributed by atoms with Gasteiger partial charge in [-0.05, 0) is 20.3 Å². The first-order chi connectivity index (χ1) is 10.1. The summed E-state index contributed by atoms with van der Waals surface area (Å²) in [7, 11) is 0. The zero-order valence-corrected chi connectivity index (χ0v) is 12.8. The van der Waals surface area contributed by atoms with Gasteiger partial charge in [-0.25, -0.2) is 4.98 Å². The van der Waals surface area contributed by atoms with Crippen molar-refractivity contribution >= 4 is 17.5 Å². The molecule has 1 N–H and O–H groups in total. The number of hydrogen-bond donors (Lipinski definition) is 1. The lowest BCUT2D eigenvalue weighted by Gasteiger charge is -2.21. The van der Waals surface area contributed by atoms with Crippen molar-refractivity contribution in [1.29, 1.82) is 0 Å². The number of likely N-dealkylation sites (N-methyl/N-ethyl adjacent to an activating group) is 1. The highest BCUT2D eigenvalue weighted by molar-refractivity contribution is 5.58. The van der Waals surface area contributed by atoms with Crippen LogP contribution in [0.15, 0.2) is 6.20 Å². The molecule has 1 aromatic rings. The molecule has 1 heterocycles. The first kappa shape index (κ1) is 17.1. The predicted octanol–water partition coefficient (Wildman–Crippen LogP) is 2.07. The van der Waals surface area contributed by atoms with Crippen molar-refractivity contribution < 1.29 is 9.66 Å². The van der Waals surface area contributed by atoms with Gasteiger partial charge in [-0.1, -0.05) is 6.92 Å². The molecule has 0 unspecified atom stereocenters. The first-order valence-electron chi connectivity index (χ1n) is 7.21. The lowest BCUT2D eigenvalue weighted by molar-refractivity contribution is -0.384. The van der Waals surface area contributed by atoms with Crippen LogP contribution < -0.4 is 10.2 Å². The maximum atomic E-state index is 11.1.